The summed E-state index contributed by atoms with van der Waals surface area (Å²) in [4.78, 5) is 17.1. The summed E-state index contributed by atoms with van der Waals surface area (Å²) in [6, 6.07) is 1.71. The number of carboxylic acid groups (broad SMARTS) is 1. The Bertz CT molecular complexity index is 743. The second-order valence-electron chi connectivity index (χ2n) is 6.44. The lowest BCUT2D eigenvalue weighted by Gasteiger charge is -2.29. The zero-order chi connectivity index (χ0) is 22.4. The highest BCUT2D eigenvalue weighted by molar-refractivity contribution is 5.65. The number of rotatable bonds is 7. The minimum absolute atomic E-state index is 0.0899. The molecule has 1 aliphatic heterocycles. The van der Waals surface area contributed by atoms with E-state index in [1.54, 1.807) is 0 Å². The molecule has 0 aliphatic carbocycles. The predicted octanol–water partition coefficient (Wildman–Crippen LogP) is 4.38. The second-order valence-corrected chi connectivity index (χ2v) is 6.44. The molecule has 0 saturated carbocycles. The van der Waals surface area contributed by atoms with Crippen LogP contribution in [0.15, 0.2) is 24.4 Å². The average molecular weight is 442 g/mol. The van der Waals surface area contributed by atoms with Gasteiger partial charge in [0.05, 0.1) is 30.4 Å². The van der Waals surface area contributed by atoms with Crippen LogP contribution in [-0.2, 0) is 21.9 Å². The van der Waals surface area contributed by atoms with Crippen molar-refractivity contribution in [2.24, 2.45) is 0 Å². The van der Waals surface area contributed by atoms with Crippen molar-refractivity contribution in [1.82, 2.24) is 10.4 Å². The Morgan fingerprint density at radius 3 is 2.30 bits per heavy atom. The normalized spacial score (nSPS) is 16.3. The van der Waals surface area contributed by atoms with E-state index in [-0.39, 0.29) is 24.9 Å². The van der Waals surface area contributed by atoms with Crippen LogP contribution in [0.3, 0.4) is 0 Å². The minimum Gasteiger partial charge on any atom is -0.465 e. The van der Waals surface area contributed by atoms with Crippen LogP contribution in [0.5, 0.6) is 0 Å². The molecule has 0 spiro atoms. The monoisotopic (exact) mass is 442 g/mol. The molecule has 2 N–H and O–H groups in total. The Kier molecular flexibility index (Phi) is 7.96. The lowest BCUT2D eigenvalue weighted by molar-refractivity contribution is -0.162. The molecular weight excluding hydrogens is 422 g/mol. The lowest BCUT2D eigenvalue weighted by atomic mass is 10.0. The van der Waals surface area contributed by atoms with E-state index in [1.807, 2.05) is 0 Å². The van der Waals surface area contributed by atoms with Gasteiger partial charge in [-0.3, -0.25) is 10.3 Å². The minimum atomic E-state index is -5.14. The molecule has 6 nitrogen and oxygen atoms in total. The maximum Gasteiger partial charge on any atom is 0.417 e. The van der Waals surface area contributed by atoms with Crippen molar-refractivity contribution in [1.29, 1.82) is 0 Å². The fraction of sp³-hybridized carbons (Fsp3) is 0.500. The van der Waals surface area contributed by atoms with Crippen molar-refractivity contribution in [2.45, 2.75) is 31.3 Å². The van der Waals surface area contributed by atoms with Crippen molar-refractivity contribution in [3.8, 4) is 0 Å². The Morgan fingerprint density at radius 1 is 1.10 bits per heavy atom. The number of hydrogen-bond acceptors (Lipinski definition) is 4. The third kappa shape index (κ3) is 7.10. The Balaban J connectivity index is 1.75. The molecule has 1 fully saturated rings. The molecule has 1 heterocycles. The van der Waals surface area contributed by atoms with Gasteiger partial charge in [0.2, 0.25) is 0 Å². The summed E-state index contributed by atoms with van der Waals surface area (Å²) in [6.45, 7) is 1.07. The molecule has 2 rings (SSSR count). The Hall–Kier alpha value is -2.47. The predicted molar refractivity (Wildman–Crippen MR) is 93.1 cm³/mol. The lowest BCUT2D eigenvalue weighted by Crippen LogP contribution is -2.40. The largest absolute Gasteiger partial charge is 0.465 e. The number of carbonyl (C=O) groups is 1. The van der Waals surface area contributed by atoms with Gasteiger partial charge < -0.3 is 14.7 Å². The van der Waals surface area contributed by atoms with E-state index in [4.69, 9.17) is 14.7 Å². The van der Waals surface area contributed by atoms with Gasteiger partial charge in [-0.15, -0.1) is 0 Å². The number of nitrogens with one attached hydrogen (secondary N) is 1. The molecule has 168 valence electrons. The van der Waals surface area contributed by atoms with E-state index in [0.29, 0.717) is 38.1 Å². The van der Waals surface area contributed by atoms with Crippen LogP contribution in [-0.4, -0.2) is 48.5 Å². The first-order valence-electron chi connectivity index (χ1n) is 8.90. The third-order valence-corrected chi connectivity index (χ3v) is 4.33. The third-order valence-electron chi connectivity index (χ3n) is 4.33. The van der Waals surface area contributed by atoms with Crippen molar-refractivity contribution < 1.29 is 45.8 Å². The molecule has 0 bridgehead atoms. The average Bonchev–Trinajstić information content (AvgIpc) is 2.66. The van der Waals surface area contributed by atoms with Crippen LogP contribution in [0.2, 0.25) is 0 Å². The number of halogens is 6. The molecule has 1 saturated heterocycles. The van der Waals surface area contributed by atoms with Crippen LogP contribution >= 0.6 is 0 Å². The summed E-state index contributed by atoms with van der Waals surface area (Å²) >= 11 is 0. The van der Waals surface area contributed by atoms with Gasteiger partial charge >= 0.3 is 18.4 Å². The first-order valence-corrected chi connectivity index (χ1v) is 8.90. The fourth-order valence-corrected chi connectivity index (χ4v) is 2.85. The maximum atomic E-state index is 12.9. The highest BCUT2D eigenvalue weighted by atomic mass is 19.4. The van der Waals surface area contributed by atoms with Gasteiger partial charge in [-0.25, -0.2) is 4.79 Å². The molecule has 30 heavy (non-hydrogen) atoms. The number of ether oxygens (including phenoxy) is 1. The Labute approximate surface area is 168 Å². The van der Waals surface area contributed by atoms with Gasteiger partial charge in [0.15, 0.2) is 0 Å². The summed E-state index contributed by atoms with van der Waals surface area (Å²) in [5.74, 6) is 0. The molecule has 1 amide bonds. The van der Waals surface area contributed by atoms with Crippen molar-refractivity contribution >= 4 is 12.2 Å². The van der Waals surface area contributed by atoms with Crippen LogP contribution in [0.4, 0.5) is 31.1 Å². The van der Waals surface area contributed by atoms with Gasteiger partial charge in [0, 0.05) is 19.3 Å². The van der Waals surface area contributed by atoms with Crippen LogP contribution in [0.25, 0.3) is 6.08 Å². The van der Waals surface area contributed by atoms with Gasteiger partial charge in [-0.2, -0.15) is 26.3 Å². The molecule has 0 aromatic heterocycles. The highest BCUT2D eigenvalue weighted by Crippen LogP contribution is 2.40. The van der Waals surface area contributed by atoms with E-state index >= 15 is 0 Å². The smallest absolute Gasteiger partial charge is 0.417 e. The molecule has 0 unspecified atom stereocenters. The number of amides is 1. The number of likely N-dealkylation sites (tertiary alicyclic amines) is 1. The summed E-state index contributed by atoms with van der Waals surface area (Å²) in [5.41, 5.74) is -1.25. The molecule has 1 aromatic carbocycles. The zero-order valence-electron chi connectivity index (χ0n) is 15.6. The van der Waals surface area contributed by atoms with Crippen molar-refractivity contribution in [3.63, 3.8) is 0 Å². The maximum absolute atomic E-state index is 12.9. The summed E-state index contributed by atoms with van der Waals surface area (Å²) in [5, 5.41) is 8.85. The van der Waals surface area contributed by atoms with Gasteiger partial charge in [-0.1, -0.05) is 6.07 Å². The standard InChI is InChI=1S/C18H20F6N2O4/c19-17(20,21)14-2-1-12(11-15(14)18(22,23)24)3-6-25-30-10-9-29-13-4-7-26(8-5-13)16(27)28/h1-3,6,11,13,25H,4-5,7-10H2,(H,27,28). The van der Waals surface area contributed by atoms with E-state index in [9.17, 15) is 31.1 Å². The van der Waals surface area contributed by atoms with Gasteiger partial charge in [0.25, 0.3) is 0 Å². The Morgan fingerprint density at radius 2 is 1.73 bits per heavy atom. The van der Waals surface area contributed by atoms with Crippen LogP contribution in [0, 0.1) is 0 Å². The van der Waals surface area contributed by atoms with E-state index in [1.165, 1.54) is 4.90 Å². The van der Waals surface area contributed by atoms with E-state index in [2.05, 4.69) is 5.48 Å². The van der Waals surface area contributed by atoms with Gasteiger partial charge in [-0.05, 0) is 36.6 Å². The van der Waals surface area contributed by atoms with Gasteiger partial charge in [0.1, 0.15) is 0 Å². The molecule has 1 aliphatic rings. The first-order chi connectivity index (χ1) is 14.0. The number of hydroxylamine groups is 1. The molecule has 0 radical (unpaired) electrons. The molecule has 0 atom stereocenters. The summed E-state index contributed by atoms with van der Waals surface area (Å²) in [7, 11) is 0. The highest BCUT2D eigenvalue weighted by Gasteiger charge is 2.42. The quantitative estimate of drug-likeness (QED) is 0.373. The van der Waals surface area contributed by atoms with Crippen LogP contribution < -0.4 is 5.48 Å². The van der Waals surface area contributed by atoms with E-state index < -0.39 is 29.6 Å². The fourth-order valence-electron chi connectivity index (χ4n) is 2.85. The summed E-state index contributed by atoms with van der Waals surface area (Å²) < 4.78 is 82.4. The molecule has 12 heteroatoms. The van der Waals surface area contributed by atoms with E-state index in [0.717, 1.165) is 18.3 Å². The number of hydrogen-bond donors (Lipinski definition) is 2. The topological polar surface area (TPSA) is 71.0 Å². The van der Waals surface area contributed by atoms with Crippen LogP contribution in [0.1, 0.15) is 29.5 Å². The van der Waals surface area contributed by atoms with Crippen molar-refractivity contribution in [2.75, 3.05) is 26.3 Å². The molecule has 1 aromatic rings. The number of benzene rings is 1. The number of piperidine rings is 1. The summed E-state index contributed by atoms with van der Waals surface area (Å²) in [6.07, 6.45) is -7.90. The number of nitrogens with zero attached hydrogens (tertiary/aromatic N) is 1. The first kappa shape index (κ1) is 23.8. The molecular formula is C18H20F6N2O4. The second kappa shape index (κ2) is 10.0. The number of alkyl halides is 6. The SMILES string of the molecule is O=C(O)N1CCC(OCCONC=Cc2ccc(C(F)(F)F)c(C(F)(F)F)c2)CC1. The zero-order valence-corrected chi connectivity index (χ0v) is 15.6. The van der Waals surface area contributed by atoms with Crippen molar-refractivity contribution in [3.05, 3.63) is 41.1 Å².